The van der Waals surface area contributed by atoms with Gasteiger partial charge in [0.2, 0.25) is 11.8 Å². The molecule has 3 rings (SSSR count). The molecule has 0 saturated heterocycles. The largest absolute Gasteiger partial charge is 0.471 e. The molecule has 2 unspecified atom stereocenters. The van der Waals surface area contributed by atoms with E-state index in [9.17, 15) is 26.4 Å². The van der Waals surface area contributed by atoms with Crippen LogP contribution < -0.4 is 14.4 Å². The van der Waals surface area contributed by atoms with Crippen molar-refractivity contribution in [1.82, 2.24) is 4.98 Å². The van der Waals surface area contributed by atoms with Crippen LogP contribution in [0, 0.1) is 12.8 Å². The van der Waals surface area contributed by atoms with Gasteiger partial charge in [-0.25, -0.2) is 13.4 Å². The Hall–Kier alpha value is -2.82. The number of nitrogens with zero attached hydrogens (tertiary/aromatic N) is 2. The van der Waals surface area contributed by atoms with Gasteiger partial charge in [0.1, 0.15) is 17.7 Å². The van der Waals surface area contributed by atoms with Gasteiger partial charge in [-0.05, 0) is 44.5 Å². The van der Waals surface area contributed by atoms with Gasteiger partial charge in [-0.3, -0.25) is 9.10 Å². The average molecular weight is 443 g/mol. The topological polar surface area (TPSA) is 88.6 Å². The van der Waals surface area contributed by atoms with Crippen molar-refractivity contribution in [2.45, 2.75) is 37.9 Å². The van der Waals surface area contributed by atoms with Crippen molar-refractivity contribution in [2.75, 3.05) is 16.2 Å². The number of halogens is 3. The molecular formula is C19H20F3N3O4S. The van der Waals surface area contributed by atoms with E-state index in [1.807, 2.05) is 0 Å². The van der Waals surface area contributed by atoms with E-state index < -0.39 is 34.1 Å². The van der Waals surface area contributed by atoms with E-state index in [0.29, 0.717) is 0 Å². The van der Waals surface area contributed by atoms with Gasteiger partial charge in [-0.2, -0.15) is 13.2 Å². The maximum absolute atomic E-state index is 13.2. The highest BCUT2D eigenvalue weighted by molar-refractivity contribution is 7.92. The predicted molar refractivity (Wildman–Crippen MR) is 104 cm³/mol. The van der Waals surface area contributed by atoms with Crippen LogP contribution in [0.2, 0.25) is 0 Å². The molecule has 1 N–H and O–H groups in total. The Morgan fingerprint density at radius 2 is 2.03 bits per heavy atom. The van der Waals surface area contributed by atoms with Crippen molar-refractivity contribution in [3.05, 3.63) is 42.1 Å². The summed E-state index contributed by atoms with van der Waals surface area (Å²) >= 11 is 0. The van der Waals surface area contributed by atoms with E-state index in [1.54, 1.807) is 26.0 Å². The molecule has 1 aliphatic rings. The molecule has 2 aromatic rings. The number of rotatable bonds is 4. The molecule has 2 atom stereocenters. The van der Waals surface area contributed by atoms with Gasteiger partial charge in [0.25, 0.3) is 10.0 Å². The van der Waals surface area contributed by atoms with Gasteiger partial charge >= 0.3 is 6.18 Å². The number of aromatic nitrogens is 1. The molecule has 162 valence electrons. The summed E-state index contributed by atoms with van der Waals surface area (Å²) in [6.07, 6.45) is -4.09. The highest BCUT2D eigenvalue weighted by Crippen LogP contribution is 2.37. The third kappa shape index (κ3) is 4.35. The van der Waals surface area contributed by atoms with Crippen LogP contribution >= 0.6 is 0 Å². The van der Waals surface area contributed by atoms with Crippen LogP contribution in [0.25, 0.3) is 0 Å². The minimum Gasteiger partial charge on any atom is -0.471 e. The van der Waals surface area contributed by atoms with Gasteiger partial charge in [0.05, 0.1) is 23.3 Å². The first-order valence-electron chi connectivity index (χ1n) is 9.03. The predicted octanol–water partition coefficient (Wildman–Crippen LogP) is 3.50. The monoisotopic (exact) mass is 443 g/mol. The first-order valence-corrected chi connectivity index (χ1v) is 10.5. The van der Waals surface area contributed by atoms with E-state index in [-0.39, 0.29) is 28.7 Å². The SMILES string of the molecule is Cc1cccc(S(=O)(=O)N2CC(C)Oc3ncc(NC(=O)C(C)C(F)(F)F)cc32)c1. The summed E-state index contributed by atoms with van der Waals surface area (Å²) in [5, 5.41) is 2.13. The van der Waals surface area contributed by atoms with E-state index >= 15 is 0 Å². The third-order valence-corrected chi connectivity index (χ3v) is 6.34. The van der Waals surface area contributed by atoms with Crippen molar-refractivity contribution in [3.63, 3.8) is 0 Å². The molecule has 0 fully saturated rings. The lowest BCUT2D eigenvalue weighted by molar-refractivity contribution is -0.175. The Balaban J connectivity index is 1.99. The van der Waals surface area contributed by atoms with Crippen LogP contribution in [0.15, 0.2) is 41.4 Å². The van der Waals surface area contributed by atoms with E-state index in [4.69, 9.17) is 4.74 Å². The normalized spacial score (nSPS) is 17.7. The molecule has 0 bridgehead atoms. The number of carbonyl (C=O) groups is 1. The van der Waals surface area contributed by atoms with Crippen LogP contribution in [0.3, 0.4) is 0 Å². The maximum Gasteiger partial charge on any atom is 0.400 e. The Labute approximate surface area is 171 Å². The van der Waals surface area contributed by atoms with Crippen LogP contribution in [0.4, 0.5) is 24.5 Å². The van der Waals surface area contributed by atoms with Gasteiger partial charge in [-0.15, -0.1) is 0 Å². The zero-order valence-electron chi connectivity index (χ0n) is 16.4. The summed E-state index contributed by atoms with van der Waals surface area (Å²) in [5.41, 5.74) is 0.711. The zero-order chi connectivity index (χ0) is 22.3. The van der Waals surface area contributed by atoms with E-state index in [1.165, 1.54) is 18.2 Å². The summed E-state index contributed by atoms with van der Waals surface area (Å²) in [7, 11) is -4.00. The summed E-state index contributed by atoms with van der Waals surface area (Å²) in [5.74, 6) is -3.51. The van der Waals surface area contributed by atoms with E-state index in [2.05, 4.69) is 10.3 Å². The Bertz CT molecular complexity index is 1070. The molecule has 1 aromatic carbocycles. The fourth-order valence-corrected chi connectivity index (χ4v) is 4.50. The Morgan fingerprint density at radius 1 is 1.33 bits per heavy atom. The number of pyridine rings is 1. The van der Waals surface area contributed by atoms with Crippen molar-refractivity contribution < 1.29 is 31.1 Å². The molecular weight excluding hydrogens is 423 g/mol. The fourth-order valence-electron chi connectivity index (χ4n) is 2.87. The summed E-state index contributed by atoms with van der Waals surface area (Å²) in [4.78, 5) is 15.9. The quantitative estimate of drug-likeness (QED) is 0.781. The van der Waals surface area contributed by atoms with E-state index in [0.717, 1.165) is 23.0 Å². The number of aryl methyl sites for hydroxylation is 1. The summed E-state index contributed by atoms with van der Waals surface area (Å²) in [6.45, 7) is 4.14. The van der Waals surface area contributed by atoms with Crippen LogP contribution in [0.1, 0.15) is 19.4 Å². The van der Waals surface area contributed by atoms with Crippen molar-refractivity contribution >= 4 is 27.3 Å². The number of amides is 1. The number of anilines is 2. The number of hydrogen-bond donors (Lipinski definition) is 1. The van der Waals surface area contributed by atoms with Gasteiger partial charge in [0.15, 0.2) is 0 Å². The number of carbonyl (C=O) groups excluding carboxylic acids is 1. The number of fused-ring (bicyclic) bond motifs is 1. The summed E-state index contributed by atoms with van der Waals surface area (Å²) in [6, 6.07) is 7.57. The third-order valence-electron chi connectivity index (χ3n) is 4.57. The van der Waals surface area contributed by atoms with Crippen molar-refractivity contribution in [1.29, 1.82) is 0 Å². The van der Waals surface area contributed by atoms with Gasteiger partial charge in [0, 0.05) is 0 Å². The van der Waals surface area contributed by atoms with Crippen molar-refractivity contribution in [2.24, 2.45) is 5.92 Å². The minimum atomic E-state index is -4.70. The molecule has 0 aliphatic carbocycles. The maximum atomic E-state index is 13.2. The van der Waals surface area contributed by atoms with Gasteiger partial charge < -0.3 is 10.1 Å². The second-order valence-electron chi connectivity index (χ2n) is 7.08. The number of alkyl halides is 3. The number of benzene rings is 1. The lowest BCUT2D eigenvalue weighted by atomic mass is 10.1. The number of sulfonamides is 1. The second kappa shape index (κ2) is 7.78. The van der Waals surface area contributed by atoms with Crippen LogP contribution in [-0.4, -0.2) is 38.1 Å². The second-order valence-corrected chi connectivity index (χ2v) is 8.94. The molecule has 11 heteroatoms. The molecule has 30 heavy (non-hydrogen) atoms. The molecule has 2 heterocycles. The standard InChI is InChI=1S/C19H20F3N3O4S/c1-11-5-4-6-15(7-11)30(27,28)25-10-12(2)29-18-16(25)8-14(9-23-18)24-17(26)13(3)19(20,21)22/h4-9,12-13H,10H2,1-3H3,(H,24,26). The lowest BCUT2D eigenvalue weighted by Gasteiger charge is -2.33. The van der Waals surface area contributed by atoms with Gasteiger partial charge in [-0.1, -0.05) is 12.1 Å². The molecule has 0 spiro atoms. The molecule has 1 aliphatic heterocycles. The van der Waals surface area contributed by atoms with Crippen LogP contribution in [-0.2, 0) is 14.8 Å². The number of nitrogens with one attached hydrogen (secondary N) is 1. The first kappa shape index (κ1) is 21.9. The molecule has 0 radical (unpaired) electrons. The highest BCUT2D eigenvalue weighted by Gasteiger charge is 2.41. The summed E-state index contributed by atoms with van der Waals surface area (Å²) < 4.78 is 71.4. The minimum absolute atomic E-state index is 0.00634. The zero-order valence-corrected chi connectivity index (χ0v) is 17.2. The Kier molecular flexibility index (Phi) is 5.68. The molecule has 7 nitrogen and oxygen atoms in total. The molecule has 0 saturated carbocycles. The molecule has 1 aromatic heterocycles. The van der Waals surface area contributed by atoms with Crippen LogP contribution in [0.5, 0.6) is 5.88 Å². The Morgan fingerprint density at radius 3 is 2.67 bits per heavy atom. The average Bonchev–Trinajstić information content (AvgIpc) is 2.66. The number of hydrogen-bond acceptors (Lipinski definition) is 5. The van der Waals surface area contributed by atoms with Crippen molar-refractivity contribution in [3.8, 4) is 5.88 Å². The lowest BCUT2D eigenvalue weighted by Crippen LogP contribution is -2.42. The fraction of sp³-hybridized carbons (Fsp3) is 0.368. The highest BCUT2D eigenvalue weighted by atomic mass is 32.2. The number of ether oxygens (including phenoxy) is 1. The first-order chi connectivity index (χ1) is 13.9. The molecule has 1 amide bonds. The smallest absolute Gasteiger partial charge is 0.400 e.